The van der Waals surface area contributed by atoms with E-state index in [1.165, 1.54) is 12.2 Å². The van der Waals surface area contributed by atoms with Crippen molar-refractivity contribution in [3.63, 3.8) is 0 Å². The second kappa shape index (κ2) is 11.8. The number of allylic oxidation sites excluding steroid dienone is 2. The Labute approximate surface area is 263 Å². The highest BCUT2D eigenvalue weighted by molar-refractivity contribution is 5.87. The van der Waals surface area contributed by atoms with Crippen LogP contribution in [0.25, 0.3) is 5.57 Å². The number of nitrogens with zero attached hydrogens (tertiary/aromatic N) is 2. The van der Waals surface area contributed by atoms with Gasteiger partial charge in [-0.3, -0.25) is 4.79 Å². The van der Waals surface area contributed by atoms with Crippen LogP contribution in [0.1, 0.15) is 41.8 Å². The maximum Gasteiger partial charge on any atom is 0.228 e. The normalized spacial score (nSPS) is 19.6. The zero-order valence-electron chi connectivity index (χ0n) is 25.3. The summed E-state index contributed by atoms with van der Waals surface area (Å²) in [6.45, 7) is 3.45. The first-order chi connectivity index (χ1) is 21.7. The summed E-state index contributed by atoms with van der Waals surface area (Å²) in [5.74, 6) is -3.01. The molecular weight excluding hydrogens is 561 g/mol. The van der Waals surface area contributed by atoms with Crippen molar-refractivity contribution in [1.29, 1.82) is 0 Å². The summed E-state index contributed by atoms with van der Waals surface area (Å²) in [5, 5.41) is 12.6. The lowest BCUT2D eigenvalue weighted by Gasteiger charge is -2.45. The third-order valence-corrected chi connectivity index (χ3v) is 9.07. The van der Waals surface area contributed by atoms with Crippen molar-refractivity contribution in [2.24, 2.45) is 17.6 Å². The average Bonchev–Trinajstić information content (AvgIpc) is 3.57. The highest BCUT2D eigenvalue weighted by Crippen LogP contribution is 2.51. The number of amides is 1. The average molecular weight is 598 g/mol. The van der Waals surface area contributed by atoms with Crippen LogP contribution in [0, 0.1) is 11.8 Å². The van der Waals surface area contributed by atoms with Crippen molar-refractivity contribution in [3.8, 4) is 0 Å². The molecule has 0 fully saturated rings. The minimum absolute atomic E-state index is 0.0969. The molecule has 5 nitrogen and oxygen atoms in total. The summed E-state index contributed by atoms with van der Waals surface area (Å²) < 4.78 is 19.6. The monoisotopic (exact) mass is 597 g/mol. The Balaban J connectivity index is 1.56. The van der Waals surface area contributed by atoms with Gasteiger partial charge in [-0.05, 0) is 39.8 Å². The molecule has 226 valence electrons. The van der Waals surface area contributed by atoms with Crippen molar-refractivity contribution in [2.75, 3.05) is 0 Å². The molecule has 4 aromatic carbocycles. The fourth-order valence-corrected chi connectivity index (χ4v) is 6.77. The first-order valence-corrected chi connectivity index (χ1v) is 15.1. The Morgan fingerprint density at radius 1 is 0.844 bits per heavy atom. The van der Waals surface area contributed by atoms with Crippen LogP contribution >= 0.6 is 0 Å². The lowest BCUT2D eigenvalue weighted by atomic mass is 9.65. The van der Waals surface area contributed by atoms with Crippen LogP contribution in [0.2, 0.25) is 0 Å². The first-order valence-electron chi connectivity index (χ1n) is 15.1. The number of halogens is 1. The molecule has 0 radical (unpaired) electrons. The number of carbonyl (C=O) groups is 1. The summed E-state index contributed by atoms with van der Waals surface area (Å²) in [7, 11) is 0. The van der Waals surface area contributed by atoms with Gasteiger partial charge < -0.3 is 15.4 Å². The Morgan fingerprint density at radius 3 is 1.76 bits per heavy atom. The number of carbonyl (C=O) groups excluding carboxylic acids is 1. The Hall–Kier alpha value is -5.07. The van der Waals surface area contributed by atoms with Crippen molar-refractivity contribution >= 4 is 11.5 Å². The van der Waals surface area contributed by atoms with Gasteiger partial charge in [0.15, 0.2) is 5.67 Å². The highest BCUT2D eigenvalue weighted by atomic mass is 19.1. The number of nitrogens with two attached hydrogens (primary N) is 1. The molecule has 0 aliphatic heterocycles. The SMILES string of the molecule is CC(C)C(O)(c1cn(C(c2ccccc2)(c2ccccc2)c2ccccc2)cn1)C1(F)C=CC(c2ccccc2)=CC1C(N)=O. The molecule has 0 saturated heterocycles. The number of primary amides is 1. The predicted molar refractivity (Wildman–Crippen MR) is 176 cm³/mol. The van der Waals surface area contributed by atoms with Gasteiger partial charge in [-0.25, -0.2) is 9.37 Å². The Morgan fingerprint density at radius 2 is 1.31 bits per heavy atom. The number of hydrogen-bond acceptors (Lipinski definition) is 3. The maximum absolute atomic E-state index is 17.7. The van der Waals surface area contributed by atoms with E-state index in [2.05, 4.69) is 0 Å². The Bertz CT molecular complexity index is 1740. The largest absolute Gasteiger partial charge is 0.379 e. The van der Waals surface area contributed by atoms with Crippen molar-refractivity contribution < 1.29 is 14.3 Å². The van der Waals surface area contributed by atoms with E-state index in [-0.39, 0.29) is 5.69 Å². The van der Waals surface area contributed by atoms with E-state index >= 15 is 4.39 Å². The number of aromatic nitrogens is 2. The quantitative estimate of drug-likeness (QED) is 0.179. The minimum atomic E-state index is -2.58. The summed E-state index contributed by atoms with van der Waals surface area (Å²) in [6.07, 6.45) is 7.75. The number of benzene rings is 4. The van der Waals surface area contributed by atoms with Crippen molar-refractivity contribution in [1.82, 2.24) is 9.55 Å². The van der Waals surface area contributed by atoms with E-state index < -0.39 is 34.6 Å². The standard InChI is InChI=1S/C39H36FN3O2/c1-28(2)39(45,37(40)24-23-30(25-34(37)36(41)44)29-15-7-3-8-16-29)35-26-43(27-42-35)38(31-17-9-4-10-18-31,32-19-11-5-12-20-32)33-21-13-6-14-22-33/h3-28,34,45H,1-2H3,(H2,41,44). The molecule has 0 saturated carbocycles. The van der Waals surface area contributed by atoms with E-state index in [9.17, 15) is 9.90 Å². The Kier molecular flexibility index (Phi) is 7.85. The summed E-state index contributed by atoms with van der Waals surface area (Å²) in [5.41, 5.74) is 4.58. The van der Waals surface area contributed by atoms with E-state index in [0.717, 1.165) is 22.3 Å². The van der Waals surface area contributed by atoms with E-state index in [4.69, 9.17) is 10.7 Å². The summed E-state index contributed by atoms with van der Waals surface area (Å²) in [4.78, 5) is 17.6. The molecule has 1 aromatic heterocycles. The fourth-order valence-electron chi connectivity index (χ4n) is 6.77. The van der Waals surface area contributed by atoms with Gasteiger partial charge in [0.1, 0.15) is 11.1 Å². The van der Waals surface area contributed by atoms with Crippen LogP contribution in [-0.4, -0.2) is 26.2 Å². The molecular formula is C39H36FN3O2. The van der Waals surface area contributed by atoms with E-state index in [1.54, 1.807) is 32.4 Å². The van der Waals surface area contributed by atoms with Gasteiger partial charge in [0.05, 0.1) is 17.9 Å². The molecule has 3 atom stereocenters. The number of hydrogen-bond donors (Lipinski definition) is 2. The van der Waals surface area contributed by atoms with Crippen molar-refractivity contribution in [2.45, 2.75) is 30.7 Å². The smallest absolute Gasteiger partial charge is 0.228 e. The molecule has 1 aliphatic rings. The third-order valence-electron chi connectivity index (χ3n) is 9.07. The maximum atomic E-state index is 17.7. The number of imidazole rings is 1. The zero-order chi connectivity index (χ0) is 31.7. The number of rotatable bonds is 9. The van der Waals surface area contributed by atoms with E-state index in [1.807, 2.05) is 126 Å². The molecule has 0 spiro atoms. The van der Waals surface area contributed by atoms with Crippen LogP contribution in [0.15, 0.2) is 152 Å². The van der Waals surface area contributed by atoms with Crippen LogP contribution in [0.5, 0.6) is 0 Å². The lowest BCUT2D eigenvalue weighted by molar-refractivity contribution is -0.152. The molecule has 1 aliphatic carbocycles. The fraction of sp³-hybridized carbons (Fsp3) is 0.179. The molecule has 0 bridgehead atoms. The molecule has 6 heteroatoms. The van der Waals surface area contributed by atoms with Gasteiger partial charge in [-0.15, -0.1) is 0 Å². The summed E-state index contributed by atoms with van der Waals surface area (Å²) in [6, 6.07) is 39.5. The molecule has 3 unspecified atom stereocenters. The molecule has 6 rings (SSSR count). The predicted octanol–water partition coefficient (Wildman–Crippen LogP) is 7.03. The van der Waals surface area contributed by atoms with Gasteiger partial charge >= 0.3 is 0 Å². The van der Waals surface area contributed by atoms with Crippen LogP contribution in [0.3, 0.4) is 0 Å². The number of alkyl halides is 1. The molecule has 1 amide bonds. The third kappa shape index (κ3) is 4.82. The van der Waals surface area contributed by atoms with E-state index in [0.29, 0.717) is 5.57 Å². The molecule has 1 heterocycles. The first kappa shape index (κ1) is 30.0. The highest BCUT2D eigenvalue weighted by Gasteiger charge is 2.60. The van der Waals surface area contributed by atoms with Gasteiger partial charge in [0, 0.05) is 6.20 Å². The van der Waals surface area contributed by atoms with Gasteiger partial charge in [-0.2, -0.15) is 0 Å². The number of aliphatic hydroxyl groups is 1. The zero-order valence-corrected chi connectivity index (χ0v) is 25.3. The molecule has 3 N–H and O–H groups in total. The molecule has 45 heavy (non-hydrogen) atoms. The van der Waals surface area contributed by atoms with Gasteiger partial charge in [0.25, 0.3) is 0 Å². The van der Waals surface area contributed by atoms with Crippen LogP contribution < -0.4 is 5.73 Å². The summed E-state index contributed by atoms with van der Waals surface area (Å²) >= 11 is 0. The van der Waals surface area contributed by atoms with Crippen molar-refractivity contribution in [3.05, 3.63) is 180 Å². The van der Waals surface area contributed by atoms with Gasteiger partial charge in [0.2, 0.25) is 5.91 Å². The lowest BCUT2D eigenvalue weighted by Crippen LogP contribution is -2.58. The second-order valence-corrected chi connectivity index (χ2v) is 11.9. The minimum Gasteiger partial charge on any atom is -0.379 e. The molecule has 5 aromatic rings. The second-order valence-electron chi connectivity index (χ2n) is 11.9. The van der Waals surface area contributed by atoms with Crippen LogP contribution in [-0.2, 0) is 15.9 Å². The topological polar surface area (TPSA) is 81.1 Å². The van der Waals surface area contributed by atoms with Gasteiger partial charge in [-0.1, -0.05) is 147 Å². The van der Waals surface area contributed by atoms with Crippen LogP contribution in [0.4, 0.5) is 4.39 Å².